The lowest BCUT2D eigenvalue weighted by atomic mass is 10.2. The zero-order valence-corrected chi connectivity index (χ0v) is 16.4. The summed E-state index contributed by atoms with van der Waals surface area (Å²) in [5, 5.41) is 2.95. The van der Waals surface area contributed by atoms with Gasteiger partial charge in [0.1, 0.15) is 0 Å². The molecule has 1 heterocycles. The number of nitrogens with one attached hydrogen (secondary N) is 1. The Bertz CT molecular complexity index is 846. The lowest BCUT2D eigenvalue weighted by Crippen LogP contribution is -2.11. The van der Waals surface area contributed by atoms with Gasteiger partial charge < -0.3 is 5.32 Å². The lowest BCUT2D eigenvalue weighted by molar-refractivity contribution is 0.102. The molecule has 0 fully saturated rings. The molecule has 24 heavy (non-hydrogen) atoms. The van der Waals surface area contributed by atoms with E-state index in [9.17, 15) is 4.79 Å². The van der Waals surface area contributed by atoms with Gasteiger partial charge in [-0.2, -0.15) is 0 Å². The molecule has 2 aromatic carbocycles. The third-order valence-corrected chi connectivity index (χ3v) is 6.23. The summed E-state index contributed by atoms with van der Waals surface area (Å²) in [7, 11) is 0. The summed E-state index contributed by atoms with van der Waals surface area (Å²) in [4.78, 5) is 16.9. The minimum Gasteiger partial charge on any atom is -0.322 e. The number of nitrogens with zero attached hydrogens (tertiary/aromatic N) is 1. The predicted molar refractivity (Wildman–Crippen MR) is 107 cm³/mol. The van der Waals surface area contributed by atoms with Gasteiger partial charge in [-0.05, 0) is 48.9 Å². The van der Waals surface area contributed by atoms with Crippen LogP contribution in [-0.2, 0) is 0 Å². The van der Waals surface area contributed by atoms with Crippen LogP contribution in [-0.4, -0.2) is 16.6 Å². The van der Waals surface area contributed by atoms with E-state index in [1.807, 2.05) is 30.3 Å². The van der Waals surface area contributed by atoms with E-state index >= 15 is 0 Å². The number of benzene rings is 2. The number of amides is 1. The molecule has 0 saturated carbocycles. The Morgan fingerprint density at radius 3 is 2.79 bits per heavy atom. The van der Waals surface area contributed by atoms with Crippen LogP contribution in [0.1, 0.15) is 30.1 Å². The summed E-state index contributed by atoms with van der Waals surface area (Å²) in [6, 6.07) is 13.2. The third kappa shape index (κ3) is 4.37. The van der Waals surface area contributed by atoms with Gasteiger partial charge in [-0.1, -0.05) is 41.0 Å². The number of hydrogen-bond donors (Lipinski definition) is 1. The van der Waals surface area contributed by atoms with Crippen molar-refractivity contribution in [3.05, 3.63) is 52.5 Å². The first-order valence-corrected chi connectivity index (χ1v) is 10.4. The van der Waals surface area contributed by atoms with Crippen molar-refractivity contribution in [1.82, 2.24) is 4.98 Å². The van der Waals surface area contributed by atoms with Crippen molar-refractivity contribution in [2.45, 2.75) is 24.1 Å². The molecular formula is C18H17BrN2OS2. The molecule has 0 bridgehead atoms. The second-order valence-electron chi connectivity index (χ2n) is 5.33. The van der Waals surface area contributed by atoms with E-state index in [4.69, 9.17) is 0 Å². The molecule has 1 aromatic heterocycles. The van der Waals surface area contributed by atoms with E-state index in [1.54, 1.807) is 35.2 Å². The summed E-state index contributed by atoms with van der Waals surface area (Å²) in [5.41, 5.74) is 2.42. The van der Waals surface area contributed by atoms with E-state index < -0.39 is 0 Å². The fourth-order valence-electron chi connectivity index (χ4n) is 2.15. The molecular weight excluding hydrogens is 404 g/mol. The first kappa shape index (κ1) is 17.5. The van der Waals surface area contributed by atoms with Gasteiger partial charge in [0.15, 0.2) is 4.34 Å². The molecule has 124 valence electrons. The molecule has 0 aliphatic rings. The Kier molecular flexibility index (Phi) is 5.92. The molecule has 3 aromatic rings. The van der Waals surface area contributed by atoms with Gasteiger partial charge >= 0.3 is 0 Å². The SMILES string of the molecule is CCCCSc1nc2ccc(NC(=O)c3ccc(Br)cc3)cc2s1. The number of hydrogen-bond acceptors (Lipinski definition) is 4. The van der Waals surface area contributed by atoms with Gasteiger partial charge in [-0.15, -0.1) is 11.3 Å². The van der Waals surface area contributed by atoms with Crippen LogP contribution in [0.3, 0.4) is 0 Å². The Balaban J connectivity index is 1.72. The maximum atomic E-state index is 12.3. The number of unbranched alkanes of at least 4 members (excludes halogenated alkanes) is 1. The molecule has 0 aliphatic heterocycles. The van der Waals surface area contributed by atoms with E-state index in [0.717, 1.165) is 30.5 Å². The maximum Gasteiger partial charge on any atom is 0.255 e. The summed E-state index contributed by atoms with van der Waals surface area (Å²) in [5.74, 6) is 0.993. The second kappa shape index (κ2) is 8.14. The Morgan fingerprint density at radius 2 is 2.04 bits per heavy atom. The van der Waals surface area contributed by atoms with Crippen LogP contribution in [0.15, 0.2) is 51.3 Å². The molecule has 1 amide bonds. The summed E-state index contributed by atoms with van der Waals surface area (Å²) < 4.78 is 3.15. The number of thioether (sulfide) groups is 1. The number of anilines is 1. The predicted octanol–water partition coefficient (Wildman–Crippen LogP) is 6.20. The van der Waals surface area contributed by atoms with E-state index in [2.05, 4.69) is 33.2 Å². The molecule has 0 aliphatic carbocycles. The molecule has 3 rings (SSSR count). The number of carbonyl (C=O) groups excluding carboxylic acids is 1. The maximum absolute atomic E-state index is 12.3. The van der Waals surface area contributed by atoms with Crippen molar-refractivity contribution in [2.75, 3.05) is 11.1 Å². The van der Waals surface area contributed by atoms with Crippen LogP contribution < -0.4 is 5.32 Å². The average molecular weight is 421 g/mol. The van der Waals surface area contributed by atoms with Gasteiger partial charge in [0, 0.05) is 21.5 Å². The van der Waals surface area contributed by atoms with Crippen LogP contribution in [0.5, 0.6) is 0 Å². The Hall–Kier alpha value is -1.37. The van der Waals surface area contributed by atoms with Crippen LogP contribution in [0, 0.1) is 0 Å². The molecule has 0 spiro atoms. The Morgan fingerprint density at radius 1 is 1.25 bits per heavy atom. The summed E-state index contributed by atoms with van der Waals surface area (Å²) >= 11 is 6.86. The summed E-state index contributed by atoms with van der Waals surface area (Å²) in [6.07, 6.45) is 2.40. The highest BCUT2D eigenvalue weighted by Gasteiger charge is 2.09. The van der Waals surface area contributed by atoms with Crippen molar-refractivity contribution in [3.63, 3.8) is 0 Å². The molecule has 0 unspecified atom stereocenters. The van der Waals surface area contributed by atoms with E-state index in [1.165, 1.54) is 12.8 Å². The minimum atomic E-state index is -0.107. The van der Waals surface area contributed by atoms with E-state index in [-0.39, 0.29) is 5.91 Å². The number of carbonyl (C=O) groups is 1. The zero-order chi connectivity index (χ0) is 16.9. The average Bonchev–Trinajstić information content (AvgIpc) is 2.97. The number of rotatable bonds is 6. The normalized spacial score (nSPS) is 10.9. The van der Waals surface area contributed by atoms with Gasteiger partial charge in [0.05, 0.1) is 10.2 Å². The molecule has 6 heteroatoms. The number of fused-ring (bicyclic) bond motifs is 1. The second-order valence-corrected chi connectivity index (χ2v) is 8.61. The lowest BCUT2D eigenvalue weighted by Gasteiger charge is -2.05. The molecule has 1 N–H and O–H groups in total. The number of aromatic nitrogens is 1. The van der Waals surface area contributed by atoms with Gasteiger partial charge in [-0.25, -0.2) is 4.98 Å². The minimum absolute atomic E-state index is 0.107. The fourth-order valence-corrected chi connectivity index (χ4v) is 4.68. The van der Waals surface area contributed by atoms with Crippen LogP contribution >= 0.6 is 39.0 Å². The quantitative estimate of drug-likeness (QED) is 0.380. The highest BCUT2D eigenvalue weighted by Crippen LogP contribution is 2.31. The highest BCUT2D eigenvalue weighted by atomic mass is 79.9. The first-order valence-electron chi connectivity index (χ1n) is 7.76. The molecule has 0 atom stereocenters. The van der Waals surface area contributed by atoms with Crippen LogP contribution in [0.25, 0.3) is 10.2 Å². The third-order valence-electron chi connectivity index (χ3n) is 3.46. The largest absolute Gasteiger partial charge is 0.322 e. The zero-order valence-electron chi connectivity index (χ0n) is 13.2. The van der Waals surface area contributed by atoms with Crippen molar-refractivity contribution in [2.24, 2.45) is 0 Å². The van der Waals surface area contributed by atoms with Crippen LogP contribution in [0.2, 0.25) is 0 Å². The molecule has 0 saturated heterocycles. The first-order chi connectivity index (χ1) is 11.7. The van der Waals surface area contributed by atoms with Crippen molar-refractivity contribution < 1.29 is 4.79 Å². The summed E-state index contributed by atoms with van der Waals surface area (Å²) in [6.45, 7) is 2.19. The monoisotopic (exact) mass is 420 g/mol. The van der Waals surface area contributed by atoms with Crippen molar-refractivity contribution >= 4 is 60.8 Å². The van der Waals surface area contributed by atoms with Gasteiger partial charge in [-0.3, -0.25) is 4.79 Å². The van der Waals surface area contributed by atoms with E-state index in [0.29, 0.717) is 5.56 Å². The van der Waals surface area contributed by atoms with Crippen LogP contribution in [0.4, 0.5) is 5.69 Å². The number of thiazole rings is 1. The number of halogens is 1. The van der Waals surface area contributed by atoms with Crippen molar-refractivity contribution in [3.8, 4) is 0 Å². The topological polar surface area (TPSA) is 42.0 Å². The van der Waals surface area contributed by atoms with Gasteiger partial charge in [0.25, 0.3) is 5.91 Å². The standard InChI is InChI=1S/C18H17BrN2OS2/c1-2-3-10-23-18-21-15-9-8-14(11-16(15)24-18)20-17(22)12-4-6-13(19)7-5-12/h4-9,11H,2-3,10H2,1H3,(H,20,22). The molecule has 3 nitrogen and oxygen atoms in total. The Labute approximate surface area is 158 Å². The molecule has 0 radical (unpaired) electrons. The van der Waals surface area contributed by atoms with Gasteiger partial charge in [0.2, 0.25) is 0 Å². The highest BCUT2D eigenvalue weighted by molar-refractivity contribution is 9.10. The van der Waals surface area contributed by atoms with Crippen molar-refractivity contribution in [1.29, 1.82) is 0 Å². The fraction of sp³-hybridized carbons (Fsp3) is 0.222. The smallest absolute Gasteiger partial charge is 0.255 e.